The first-order valence-electron chi connectivity index (χ1n) is 44.3. The molecule has 0 atom stereocenters. The van der Waals surface area contributed by atoms with Crippen LogP contribution in [0.2, 0.25) is 0 Å². The number of esters is 4. The number of aliphatic hydroxyl groups excluding tert-OH is 3. The number of benzene rings is 4. The van der Waals surface area contributed by atoms with Gasteiger partial charge in [-0.25, -0.2) is 57.7 Å². The van der Waals surface area contributed by atoms with E-state index < -0.39 is 75.0 Å². The summed E-state index contributed by atoms with van der Waals surface area (Å²) in [6.07, 6.45) is 8.01. The molecule has 0 bridgehead atoms. The Bertz CT molecular complexity index is 4160. The van der Waals surface area contributed by atoms with E-state index in [2.05, 4.69) is 32.5 Å². The van der Waals surface area contributed by atoms with E-state index in [1.165, 1.54) is 6.92 Å². The van der Waals surface area contributed by atoms with Gasteiger partial charge in [0, 0.05) is 90.8 Å². The zero-order valence-electron chi connectivity index (χ0n) is 83.4. The fraction of sp³-hybridized carbons (Fsp3) is 0.622. The number of carbonyl (C=O) groups excluding carboxylic acids is 13. The Labute approximate surface area is 804 Å². The fourth-order valence-corrected chi connectivity index (χ4v) is 11.9. The average molecular weight is 1870 g/mol. The first-order chi connectivity index (χ1) is 60.1. The zero-order valence-corrected chi connectivity index (χ0v) is 85.4. The number of nitrogens with two attached hydrogens (primary N) is 1. The Balaban J connectivity index is 0.00000156. The van der Waals surface area contributed by atoms with Gasteiger partial charge in [0.15, 0.2) is 0 Å². The Hall–Kier alpha value is -9.35. The Morgan fingerprint density at radius 2 is 0.591 bits per heavy atom. The van der Waals surface area contributed by atoms with E-state index in [4.69, 9.17) is 48.7 Å². The van der Waals surface area contributed by atoms with E-state index in [9.17, 15) is 72.5 Å². The molecule has 4 fully saturated rings. The van der Waals surface area contributed by atoms with Crippen LogP contribution in [0.4, 0.5) is 19.2 Å². The van der Waals surface area contributed by atoms with Crippen LogP contribution in [0, 0.1) is 0 Å². The zero-order chi connectivity index (χ0) is 100. The molecular formula is C98H149BN4NaO28. The second kappa shape index (κ2) is 58.1. The molecule has 4 aromatic carbocycles. The molecule has 8 rings (SSSR count). The van der Waals surface area contributed by atoms with E-state index >= 15 is 0 Å². The first-order valence-corrected chi connectivity index (χ1v) is 44.3. The van der Waals surface area contributed by atoms with Crippen molar-refractivity contribution in [2.24, 2.45) is 5.73 Å². The number of nitrogens with one attached hydrogen (secondary N) is 1. The largest absolute Gasteiger partial charge is 1.00 e. The molecule has 4 aromatic rings. The molecule has 733 valence electrons. The first kappa shape index (κ1) is 123. The third-order valence-corrected chi connectivity index (χ3v) is 17.8. The number of amides is 2. The molecule has 0 aliphatic heterocycles. The summed E-state index contributed by atoms with van der Waals surface area (Å²) in [7, 11) is 4.32. The van der Waals surface area contributed by atoms with Gasteiger partial charge in [-0.1, -0.05) is 48.5 Å². The van der Waals surface area contributed by atoms with Crippen molar-refractivity contribution in [2.75, 3.05) is 0 Å². The summed E-state index contributed by atoms with van der Waals surface area (Å²) in [6.45, 7) is 48.7. The van der Waals surface area contributed by atoms with Gasteiger partial charge in [-0.2, -0.15) is 0 Å². The van der Waals surface area contributed by atoms with Crippen LogP contribution in [-0.4, -0.2) is 192 Å². The quantitative estimate of drug-likeness (QED) is 0.0195. The van der Waals surface area contributed by atoms with Gasteiger partial charge in [0.2, 0.25) is 5.97 Å². The second-order valence-electron chi connectivity index (χ2n) is 39.9. The summed E-state index contributed by atoms with van der Waals surface area (Å²) < 4.78 is 50.0. The Kier molecular flexibility index (Phi) is 53.9. The van der Waals surface area contributed by atoms with Crippen LogP contribution < -0.4 is 40.6 Å². The van der Waals surface area contributed by atoms with Gasteiger partial charge in [-0.3, -0.25) is 14.4 Å². The number of Topliss-reactive ketones (excluding diaryl/α,β-unsaturated/α-hetero) is 2. The van der Waals surface area contributed by atoms with Crippen LogP contribution in [0.25, 0.3) is 0 Å². The summed E-state index contributed by atoms with van der Waals surface area (Å²) >= 11 is 0. The fourth-order valence-electron chi connectivity index (χ4n) is 11.9. The van der Waals surface area contributed by atoms with Gasteiger partial charge in [-0.15, -0.1) is 0 Å². The molecule has 0 saturated heterocycles. The van der Waals surface area contributed by atoms with Gasteiger partial charge >= 0.3 is 89.9 Å². The minimum absolute atomic E-state index is 0. The van der Waals surface area contributed by atoms with E-state index in [0.29, 0.717) is 118 Å². The second-order valence-corrected chi connectivity index (χ2v) is 39.9. The smallest absolute Gasteiger partial charge is 0.793 e. The van der Waals surface area contributed by atoms with E-state index in [0.717, 1.165) is 81.2 Å². The maximum atomic E-state index is 12.8. The van der Waals surface area contributed by atoms with Crippen LogP contribution >= 0.6 is 0 Å². The number of ether oxygens (including phenoxy) is 9. The minimum Gasteiger partial charge on any atom is -0.793 e. The molecule has 32 nitrogen and oxygen atoms in total. The molecular weight excluding hydrogens is 1710 g/mol. The van der Waals surface area contributed by atoms with Crippen LogP contribution in [0.3, 0.4) is 0 Å². The molecule has 0 aromatic heterocycles. The summed E-state index contributed by atoms with van der Waals surface area (Å²) in [6, 6.07) is 29.4. The van der Waals surface area contributed by atoms with Crippen molar-refractivity contribution in [1.82, 2.24) is 15.1 Å². The maximum Gasteiger partial charge on any atom is 1.00 e. The van der Waals surface area contributed by atoms with Gasteiger partial charge in [-0.05, 0) is 314 Å². The topological polar surface area (TPSA) is 438 Å². The molecule has 6 N–H and O–H groups in total. The van der Waals surface area contributed by atoms with Crippen LogP contribution in [0.15, 0.2) is 97.1 Å². The molecule has 4 saturated carbocycles. The van der Waals surface area contributed by atoms with E-state index in [1.807, 2.05) is 185 Å². The summed E-state index contributed by atoms with van der Waals surface area (Å²) in [4.78, 5) is 158. The number of nitrogens with zero attached hydrogens (tertiary/aromatic N) is 2. The monoisotopic (exact) mass is 1860 g/mol. The molecule has 2 amide bonds. The summed E-state index contributed by atoms with van der Waals surface area (Å²) in [5, 5.41) is 31.7. The third kappa shape index (κ3) is 60.7. The van der Waals surface area contributed by atoms with Crippen molar-refractivity contribution in [3.8, 4) is 0 Å². The number of aliphatic hydroxyl groups is 3. The van der Waals surface area contributed by atoms with Gasteiger partial charge in [0.05, 0.1) is 40.6 Å². The third-order valence-electron chi connectivity index (χ3n) is 17.8. The van der Waals surface area contributed by atoms with Crippen molar-refractivity contribution < 1.29 is 164 Å². The molecule has 0 heterocycles. The van der Waals surface area contributed by atoms with Crippen LogP contribution in [0.1, 0.15) is 353 Å². The number of carbonyl (C=O) groups is 13. The van der Waals surface area contributed by atoms with Crippen molar-refractivity contribution in [3.05, 3.63) is 142 Å². The number of hydrogen-bond donors (Lipinski definition) is 5. The standard InChI is InChI=1S/C23H35NO5.C23H33NO5.C18H27NO3.C12H17NO2.C10H18O5.C6H10O2.C4H6O4.C2H3BO2.Na/c2*1-22(2,3)28-20(26)17-9-7-16(8-10-17)15-24(21(27)29-23(4,5)6)18-11-13-19(25)14-12-18;1-18(2,3)22-17(21)14-6-4-13(5-7-14)12-19-15-8-10-16(20)11-9-15;1-12(2,3)15-11(14)10-6-4-9(8-13)5-7-10;1-9(2,3)14-7(11)13-8(12)15-10(4,5)6;7-5-1-2-6(8)4-3-5;1-3(5)7-8-4(2)6;1-2(4)5-3;/h7-10,18-19,25H,11-15H2,1-6H3;7-10,18H,11-15H2,1-6H3;4-7,15-16,19-20H,8-12H2,1-3H3;4-7H,8,13H2,1-3H3;1-6H3;5,7H,1-4H2;1-2H3;1H3;/q;;;;;;;-1;+1. The molecule has 0 unspecified atom stereocenters. The van der Waals surface area contributed by atoms with E-state index in [-0.39, 0.29) is 102 Å². The molecule has 4 aliphatic rings. The van der Waals surface area contributed by atoms with Crippen molar-refractivity contribution >= 4 is 85.9 Å². The van der Waals surface area contributed by atoms with Crippen LogP contribution in [-0.2, 0) is 107 Å². The number of hydrogen-bond acceptors (Lipinski definition) is 30. The van der Waals surface area contributed by atoms with Gasteiger partial charge in [0.25, 0.3) is 0 Å². The summed E-state index contributed by atoms with van der Waals surface area (Å²) in [5.41, 5.74) is 6.91. The molecule has 132 heavy (non-hydrogen) atoms. The SMILES string of the molecule is CC(=O)OOC(C)=O.CC(C)(C)OC(=O)OC(=O)OC(C)(C)C.CC(C)(C)OC(=O)c1ccc(CN(C(=O)OC(C)(C)C)C2CCC(=O)CC2)cc1.CC(C)(C)OC(=O)c1ccc(CN(C(=O)OC(C)(C)C)C2CCC(O)CC2)cc1.CC(C)(C)OC(=O)c1ccc(CN)cc1.CC(C)(C)OC(=O)c1ccc(CNC2CCC(O)CC2)cc1.O=C1CCC(O)CC1.[B-]OC(C)=O.[Na+]. The average Bonchev–Trinajstić information content (AvgIpc) is 0.829. The molecule has 0 spiro atoms. The minimum atomic E-state index is -1.06. The van der Waals surface area contributed by atoms with Gasteiger partial charge in [0.1, 0.15) is 56.4 Å². The van der Waals surface area contributed by atoms with Crippen molar-refractivity contribution in [3.63, 3.8) is 0 Å². The maximum absolute atomic E-state index is 12.8. The number of rotatable bonds is 14. The Morgan fingerprint density at radius 1 is 0.348 bits per heavy atom. The van der Waals surface area contributed by atoms with Gasteiger partial charge < -0.3 is 91.5 Å². The Morgan fingerprint density at radius 3 is 0.841 bits per heavy atom. The normalized spacial score (nSPS) is 16.4. The van der Waals surface area contributed by atoms with Crippen LogP contribution in [0.5, 0.6) is 0 Å². The van der Waals surface area contributed by atoms with E-state index in [1.54, 1.807) is 87.7 Å². The van der Waals surface area contributed by atoms with Crippen molar-refractivity contribution in [1.29, 1.82) is 0 Å². The predicted molar refractivity (Wildman–Crippen MR) is 493 cm³/mol. The number of ketones is 2. The van der Waals surface area contributed by atoms with Crippen molar-refractivity contribution in [2.45, 2.75) is 397 Å². The summed E-state index contributed by atoms with van der Waals surface area (Å²) in [5.74, 6) is -2.53. The molecule has 34 heteroatoms. The molecule has 3 radical (unpaired) electrons. The predicted octanol–water partition coefficient (Wildman–Crippen LogP) is 14.7. The molecule has 4 aliphatic carbocycles.